The third kappa shape index (κ3) is 5.29. The van der Waals surface area contributed by atoms with Crippen LogP contribution in [0.15, 0.2) is 35.1 Å². The molecule has 1 amide bonds. The van der Waals surface area contributed by atoms with E-state index in [4.69, 9.17) is 0 Å². The molecule has 1 aromatic rings. The molecule has 0 saturated heterocycles. The first-order valence-corrected chi connectivity index (χ1v) is 9.05. The number of aromatic nitrogens is 1. The smallest absolute Gasteiger partial charge is 0.325 e. The van der Waals surface area contributed by atoms with Crippen LogP contribution in [0.2, 0.25) is 0 Å². The lowest BCUT2D eigenvalue weighted by Gasteiger charge is -2.14. The van der Waals surface area contributed by atoms with E-state index in [9.17, 15) is 14.4 Å². The largest absolute Gasteiger partial charge is 0.468 e. The van der Waals surface area contributed by atoms with Crippen molar-refractivity contribution in [3.05, 3.63) is 57.5 Å². The summed E-state index contributed by atoms with van der Waals surface area (Å²) >= 11 is 0. The minimum Gasteiger partial charge on any atom is -0.468 e. The van der Waals surface area contributed by atoms with Crippen LogP contribution in [0.4, 0.5) is 0 Å². The molecule has 2 aliphatic rings. The van der Waals surface area contributed by atoms with Gasteiger partial charge in [-0.05, 0) is 49.1 Å². The highest BCUT2D eigenvalue weighted by Crippen LogP contribution is 2.32. The molecule has 1 heterocycles. The number of fused-ring (bicyclic) bond motifs is 1. The van der Waals surface area contributed by atoms with Crippen molar-refractivity contribution in [1.29, 1.82) is 0 Å². The highest BCUT2D eigenvalue weighted by atomic mass is 16.5. The predicted molar refractivity (Wildman–Crippen MR) is 105 cm³/mol. The molecule has 0 spiro atoms. The number of methoxy groups -OCH3 is 1. The van der Waals surface area contributed by atoms with Crippen molar-refractivity contribution < 1.29 is 14.3 Å². The van der Waals surface area contributed by atoms with E-state index in [1.165, 1.54) is 18.2 Å². The zero-order valence-corrected chi connectivity index (χ0v) is 16.3. The third-order valence-corrected chi connectivity index (χ3v) is 4.53. The Morgan fingerprint density at radius 2 is 1.81 bits per heavy atom. The van der Waals surface area contributed by atoms with Gasteiger partial charge in [0.25, 0.3) is 11.5 Å². The number of nitrogens with zero attached hydrogens (tertiary/aromatic N) is 1. The molecule has 2 aliphatic carbocycles. The first-order chi connectivity index (χ1) is 12.9. The summed E-state index contributed by atoms with van der Waals surface area (Å²) in [5.74, 6) is -1.11. The Morgan fingerprint density at radius 3 is 2.30 bits per heavy atom. The van der Waals surface area contributed by atoms with Crippen LogP contribution in [-0.4, -0.2) is 30.1 Å². The number of ether oxygens (including phenoxy) is 1. The normalized spacial score (nSPS) is 10.5. The molecular formula is C21H26N2O4. The number of amides is 1. The standard InChI is InChI=1S/C15H22N2O4.C6H4/c1-5-6-7-17-11(3)10(2)8-12(15(17)20)14(19)16-9-13(18)21-4;1-2-5-4-6(5)3-1/h8H,5-7,9H2,1-4H3,(H,16,19);1-4H. The maximum Gasteiger partial charge on any atom is 0.325 e. The fourth-order valence-electron chi connectivity index (χ4n) is 2.64. The molecule has 0 aliphatic heterocycles. The van der Waals surface area contributed by atoms with E-state index in [0.29, 0.717) is 6.54 Å². The van der Waals surface area contributed by atoms with Crippen molar-refractivity contribution in [2.75, 3.05) is 13.7 Å². The lowest BCUT2D eigenvalue weighted by molar-refractivity contribution is -0.139. The molecule has 0 fully saturated rings. The Balaban J connectivity index is 0.000000358. The zero-order valence-electron chi connectivity index (χ0n) is 16.3. The molecule has 6 heteroatoms. The minimum atomic E-state index is -0.557. The van der Waals surface area contributed by atoms with E-state index in [2.05, 4.69) is 34.3 Å². The number of esters is 1. The highest BCUT2D eigenvalue weighted by molar-refractivity contribution is 5.95. The van der Waals surface area contributed by atoms with E-state index in [1.54, 1.807) is 10.6 Å². The molecule has 0 aromatic carbocycles. The fourth-order valence-corrected chi connectivity index (χ4v) is 2.64. The number of aryl methyl sites for hydroxylation is 1. The van der Waals surface area contributed by atoms with Crippen LogP contribution in [-0.2, 0) is 16.1 Å². The van der Waals surface area contributed by atoms with E-state index in [-0.39, 0.29) is 17.7 Å². The first-order valence-electron chi connectivity index (χ1n) is 9.05. The summed E-state index contributed by atoms with van der Waals surface area (Å²) in [4.78, 5) is 35.5. The van der Waals surface area contributed by atoms with Gasteiger partial charge in [-0.3, -0.25) is 14.4 Å². The van der Waals surface area contributed by atoms with Crippen LogP contribution >= 0.6 is 0 Å². The summed E-state index contributed by atoms with van der Waals surface area (Å²) in [6.07, 6.45) is 1.83. The van der Waals surface area contributed by atoms with Crippen LogP contribution in [0.1, 0.15) is 41.4 Å². The molecule has 3 rings (SSSR count). The number of unbranched alkanes of at least 4 members (excludes halogenated alkanes) is 1. The van der Waals surface area contributed by atoms with Crippen molar-refractivity contribution in [3.63, 3.8) is 0 Å². The lowest BCUT2D eigenvalue weighted by Crippen LogP contribution is -2.37. The van der Waals surface area contributed by atoms with Crippen molar-refractivity contribution in [3.8, 4) is 11.1 Å². The van der Waals surface area contributed by atoms with Crippen LogP contribution in [0.25, 0.3) is 11.1 Å². The third-order valence-electron chi connectivity index (χ3n) is 4.53. The molecule has 1 aromatic heterocycles. The Hall–Kier alpha value is -2.89. The van der Waals surface area contributed by atoms with E-state index < -0.39 is 11.9 Å². The number of nitrogens with one attached hydrogen (secondary N) is 1. The van der Waals surface area contributed by atoms with Gasteiger partial charge in [-0.25, -0.2) is 0 Å². The topological polar surface area (TPSA) is 77.4 Å². The van der Waals surface area contributed by atoms with Gasteiger partial charge in [0.15, 0.2) is 0 Å². The van der Waals surface area contributed by atoms with E-state index in [0.717, 1.165) is 24.1 Å². The van der Waals surface area contributed by atoms with Gasteiger partial charge in [-0.15, -0.1) is 0 Å². The highest BCUT2D eigenvalue weighted by Gasteiger charge is 2.16. The van der Waals surface area contributed by atoms with Crippen LogP contribution in [0, 0.1) is 13.8 Å². The second-order valence-electron chi connectivity index (χ2n) is 6.48. The molecular weight excluding hydrogens is 344 g/mol. The summed E-state index contributed by atoms with van der Waals surface area (Å²) < 4.78 is 6.07. The number of hydrogen-bond donors (Lipinski definition) is 1. The number of benzene rings is 1. The van der Waals surface area contributed by atoms with Gasteiger partial charge in [0.05, 0.1) is 7.11 Å². The molecule has 0 saturated carbocycles. The SMILES string of the molecule is CCCCn1c(C)c(C)cc(C(=O)NCC(=O)OC)c1=O.c1cc2cc-2c1. The molecule has 0 radical (unpaired) electrons. The second kappa shape index (κ2) is 9.16. The number of rotatable bonds is 6. The predicted octanol–water partition coefficient (Wildman–Crippen LogP) is 2.84. The zero-order chi connectivity index (χ0) is 20.0. The van der Waals surface area contributed by atoms with Crippen molar-refractivity contribution in [1.82, 2.24) is 9.88 Å². The van der Waals surface area contributed by atoms with Crippen LogP contribution in [0.5, 0.6) is 0 Å². The lowest BCUT2D eigenvalue weighted by atomic mass is 10.1. The van der Waals surface area contributed by atoms with Crippen molar-refractivity contribution in [2.45, 2.75) is 40.2 Å². The minimum absolute atomic E-state index is 0.0538. The van der Waals surface area contributed by atoms with E-state index in [1.807, 2.05) is 20.8 Å². The summed E-state index contributed by atoms with van der Waals surface area (Å²) in [5, 5.41) is 2.39. The summed E-state index contributed by atoms with van der Waals surface area (Å²) in [7, 11) is 1.24. The van der Waals surface area contributed by atoms with Gasteiger partial charge in [-0.1, -0.05) is 31.5 Å². The second-order valence-corrected chi connectivity index (χ2v) is 6.48. The van der Waals surface area contributed by atoms with E-state index >= 15 is 0 Å². The van der Waals surface area contributed by atoms with Gasteiger partial charge < -0.3 is 14.6 Å². The number of pyridine rings is 1. The molecule has 6 nitrogen and oxygen atoms in total. The van der Waals surface area contributed by atoms with Gasteiger partial charge in [0.2, 0.25) is 0 Å². The maximum absolute atomic E-state index is 12.4. The quantitative estimate of drug-likeness (QED) is 0.677. The number of carbonyl (C=O) groups is 2. The van der Waals surface area contributed by atoms with Gasteiger partial charge in [0, 0.05) is 12.2 Å². The molecule has 27 heavy (non-hydrogen) atoms. The monoisotopic (exact) mass is 370 g/mol. The summed E-state index contributed by atoms with van der Waals surface area (Å²) in [6, 6.07) is 10.0. The Morgan fingerprint density at radius 1 is 1.15 bits per heavy atom. The molecule has 0 bridgehead atoms. The summed E-state index contributed by atoms with van der Waals surface area (Å²) in [5.41, 5.74) is 4.31. The Labute approximate surface area is 159 Å². The first kappa shape index (κ1) is 20.4. The summed E-state index contributed by atoms with van der Waals surface area (Å²) in [6.45, 7) is 6.09. The Kier molecular flexibility index (Phi) is 6.93. The number of hydrogen-bond acceptors (Lipinski definition) is 4. The molecule has 1 N–H and O–H groups in total. The fraction of sp³-hybridized carbons (Fsp3) is 0.381. The molecule has 0 unspecified atom stereocenters. The van der Waals surface area contributed by atoms with Crippen LogP contribution < -0.4 is 10.9 Å². The van der Waals surface area contributed by atoms with Crippen molar-refractivity contribution in [2.24, 2.45) is 0 Å². The van der Waals surface area contributed by atoms with Gasteiger partial charge in [0.1, 0.15) is 12.1 Å². The van der Waals surface area contributed by atoms with Crippen LogP contribution in [0.3, 0.4) is 0 Å². The number of carbonyl (C=O) groups excluding carboxylic acids is 2. The van der Waals surface area contributed by atoms with Gasteiger partial charge in [-0.2, -0.15) is 0 Å². The van der Waals surface area contributed by atoms with Crippen molar-refractivity contribution >= 4 is 11.9 Å². The molecule has 0 atom stereocenters. The molecule has 144 valence electrons. The average Bonchev–Trinajstić information content (AvgIpc) is 3.27. The Bertz CT molecular complexity index is 882. The maximum atomic E-state index is 12.4. The van der Waals surface area contributed by atoms with Gasteiger partial charge >= 0.3 is 5.97 Å². The average molecular weight is 370 g/mol.